The Bertz CT molecular complexity index is 813. The Morgan fingerprint density at radius 2 is 2.00 bits per heavy atom. The summed E-state index contributed by atoms with van der Waals surface area (Å²) in [6, 6.07) is 6.00. The van der Waals surface area contributed by atoms with Gasteiger partial charge in [-0.1, -0.05) is 0 Å². The predicted octanol–water partition coefficient (Wildman–Crippen LogP) is 1.60. The minimum absolute atomic E-state index is 0.0921. The van der Waals surface area contributed by atoms with Crippen LogP contribution < -0.4 is 5.56 Å². The summed E-state index contributed by atoms with van der Waals surface area (Å²) in [5.74, 6) is -1.96. The van der Waals surface area contributed by atoms with E-state index in [1.54, 1.807) is 13.0 Å². The van der Waals surface area contributed by atoms with Crippen molar-refractivity contribution in [2.75, 3.05) is 13.1 Å². The number of nitrogens with zero attached hydrogens (tertiary/aromatic N) is 3. The Labute approximate surface area is 131 Å². The number of amides is 1. The van der Waals surface area contributed by atoms with Gasteiger partial charge in [-0.15, -0.1) is 0 Å². The summed E-state index contributed by atoms with van der Waals surface area (Å²) in [6.07, 6.45) is 0. The van der Waals surface area contributed by atoms with Gasteiger partial charge in [-0.2, -0.15) is 5.10 Å². The third kappa shape index (κ3) is 3.13. The first-order valence-corrected chi connectivity index (χ1v) is 7.23. The van der Waals surface area contributed by atoms with Crippen LogP contribution in [0.5, 0.6) is 0 Å². The smallest absolute Gasteiger partial charge is 0.266 e. The van der Waals surface area contributed by atoms with Crippen molar-refractivity contribution in [1.29, 1.82) is 0 Å². The minimum atomic E-state index is -0.866. The molecule has 0 unspecified atom stereocenters. The molecule has 2 aromatic rings. The predicted molar refractivity (Wildman–Crippen MR) is 79.0 cm³/mol. The lowest BCUT2D eigenvalue weighted by Crippen LogP contribution is -2.52. The van der Waals surface area contributed by atoms with E-state index in [2.05, 4.69) is 5.10 Å². The third-order valence-corrected chi connectivity index (χ3v) is 3.84. The number of hydrogen-bond donors (Lipinski definition) is 0. The Hall–Kier alpha value is -2.57. The summed E-state index contributed by atoms with van der Waals surface area (Å²) in [7, 11) is 0. The van der Waals surface area contributed by atoms with Crippen LogP contribution in [0.2, 0.25) is 0 Å². The molecule has 1 fully saturated rings. The Morgan fingerprint density at radius 3 is 2.70 bits per heavy atom. The van der Waals surface area contributed by atoms with Crippen molar-refractivity contribution >= 4 is 5.91 Å². The summed E-state index contributed by atoms with van der Waals surface area (Å²) in [5.41, 5.74) is 0.408. The molecule has 2 heterocycles. The highest BCUT2D eigenvalue weighted by Crippen LogP contribution is 2.21. The summed E-state index contributed by atoms with van der Waals surface area (Å²) >= 11 is 0. The van der Waals surface area contributed by atoms with Crippen molar-refractivity contribution in [2.45, 2.75) is 13.5 Å². The number of hydrogen-bond acceptors (Lipinski definition) is 3. The van der Waals surface area contributed by atoms with Gasteiger partial charge in [0.2, 0.25) is 0 Å². The summed E-state index contributed by atoms with van der Waals surface area (Å²) < 4.78 is 27.9. The summed E-state index contributed by atoms with van der Waals surface area (Å²) in [4.78, 5) is 25.3. The van der Waals surface area contributed by atoms with Gasteiger partial charge < -0.3 is 4.90 Å². The Balaban J connectivity index is 1.63. The van der Waals surface area contributed by atoms with Gasteiger partial charge in [0.1, 0.15) is 11.6 Å². The van der Waals surface area contributed by atoms with E-state index in [0.29, 0.717) is 25.7 Å². The molecule has 23 heavy (non-hydrogen) atoms. The molecule has 3 rings (SSSR count). The van der Waals surface area contributed by atoms with Crippen LogP contribution in [0.15, 0.2) is 35.1 Å². The molecule has 0 saturated carbocycles. The average Bonchev–Trinajstić information content (AvgIpc) is 2.45. The molecule has 1 aromatic heterocycles. The normalized spacial score (nSPS) is 14.7. The second-order valence-electron chi connectivity index (χ2n) is 5.70. The number of carbonyl (C=O) groups is 1. The van der Waals surface area contributed by atoms with Gasteiger partial charge in [0.25, 0.3) is 11.5 Å². The molecule has 0 bridgehead atoms. The van der Waals surface area contributed by atoms with Gasteiger partial charge in [-0.05, 0) is 25.1 Å². The first-order valence-electron chi connectivity index (χ1n) is 7.23. The zero-order valence-corrected chi connectivity index (χ0v) is 12.5. The first kappa shape index (κ1) is 15.3. The lowest BCUT2D eigenvalue weighted by atomic mass is 9.98. The van der Waals surface area contributed by atoms with Crippen molar-refractivity contribution in [3.63, 3.8) is 0 Å². The van der Waals surface area contributed by atoms with Crippen LogP contribution in [-0.4, -0.2) is 33.7 Å². The molecular formula is C16H15F2N3O2. The van der Waals surface area contributed by atoms with Crippen molar-refractivity contribution in [3.05, 3.63) is 63.6 Å². The molecule has 1 saturated heterocycles. The molecule has 1 aliphatic rings. The average molecular weight is 319 g/mol. The van der Waals surface area contributed by atoms with Crippen LogP contribution >= 0.6 is 0 Å². The molecule has 0 radical (unpaired) electrons. The molecule has 0 atom stereocenters. The van der Waals surface area contributed by atoms with Gasteiger partial charge in [0, 0.05) is 31.1 Å². The molecule has 1 aromatic carbocycles. The van der Waals surface area contributed by atoms with E-state index in [9.17, 15) is 18.4 Å². The highest BCUT2D eigenvalue weighted by Gasteiger charge is 2.32. The number of halogens is 2. The van der Waals surface area contributed by atoms with Crippen molar-refractivity contribution < 1.29 is 13.6 Å². The fourth-order valence-corrected chi connectivity index (χ4v) is 2.61. The minimum Gasteiger partial charge on any atom is -0.338 e. The van der Waals surface area contributed by atoms with Gasteiger partial charge in [0.05, 0.1) is 17.8 Å². The fourth-order valence-electron chi connectivity index (χ4n) is 2.61. The summed E-state index contributed by atoms with van der Waals surface area (Å²) in [5, 5.41) is 4.15. The number of aromatic nitrogens is 2. The molecule has 0 spiro atoms. The van der Waals surface area contributed by atoms with Crippen LogP contribution in [-0.2, 0) is 6.54 Å². The van der Waals surface area contributed by atoms with E-state index < -0.39 is 17.5 Å². The van der Waals surface area contributed by atoms with Crippen LogP contribution in [0.25, 0.3) is 0 Å². The van der Waals surface area contributed by atoms with Crippen LogP contribution in [0.1, 0.15) is 16.1 Å². The fraction of sp³-hybridized carbons (Fsp3) is 0.312. The highest BCUT2D eigenvalue weighted by atomic mass is 19.1. The van der Waals surface area contributed by atoms with E-state index in [4.69, 9.17) is 0 Å². The maximum atomic E-state index is 13.6. The molecule has 1 aliphatic heterocycles. The number of benzene rings is 1. The number of aryl methyl sites for hydroxylation is 1. The molecule has 0 N–H and O–H groups in total. The maximum Gasteiger partial charge on any atom is 0.266 e. The molecular weight excluding hydrogens is 304 g/mol. The molecule has 0 aliphatic carbocycles. The second-order valence-corrected chi connectivity index (χ2v) is 5.70. The van der Waals surface area contributed by atoms with Crippen LogP contribution in [0.3, 0.4) is 0 Å². The highest BCUT2D eigenvalue weighted by molar-refractivity contribution is 5.95. The van der Waals surface area contributed by atoms with Crippen molar-refractivity contribution in [2.24, 2.45) is 5.92 Å². The lowest BCUT2D eigenvalue weighted by Gasteiger charge is -2.39. The van der Waals surface area contributed by atoms with Gasteiger partial charge in [-0.25, -0.2) is 13.5 Å². The first-order chi connectivity index (χ1) is 10.9. The molecule has 7 heteroatoms. The summed E-state index contributed by atoms with van der Waals surface area (Å²) in [6.45, 7) is 3.04. The third-order valence-electron chi connectivity index (χ3n) is 3.84. The van der Waals surface area contributed by atoms with Crippen molar-refractivity contribution in [3.8, 4) is 0 Å². The standard InChI is InChI=1S/C16H15F2N3O2/c1-10-2-5-15(22)21(19-10)9-11-7-20(8-11)16(23)13-4-3-12(17)6-14(13)18/h2-6,11H,7-9H2,1H3. The van der Waals surface area contributed by atoms with E-state index >= 15 is 0 Å². The maximum absolute atomic E-state index is 13.6. The number of likely N-dealkylation sites (tertiary alicyclic amines) is 1. The Morgan fingerprint density at radius 1 is 1.26 bits per heavy atom. The largest absolute Gasteiger partial charge is 0.338 e. The monoisotopic (exact) mass is 319 g/mol. The zero-order valence-electron chi connectivity index (χ0n) is 12.5. The topological polar surface area (TPSA) is 55.2 Å². The van der Waals surface area contributed by atoms with E-state index in [0.717, 1.165) is 17.8 Å². The number of carbonyl (C=O) groups excluding carboxylic acids is 1. The van der Waals surface area contributed by atoms with Gasteiger partial charge in [-0.3, -0.25) is 9.59 Å². The molecule has 5 nitrogen and oxygen atoms in total. The number of rotatable bonds is 3. The second kappa shape index (κ2) is 5.91. The van der Waals surface area contributed by atoms with Crippen LogP contribution in [0, 0.1) is 24.5 Å². The lowest BCUT2D eigenvalue weighted by molar-refractivity contribution is 0.0453. The quantitative estimate of drug-likeness (QED) is 0.863. The zero-order chi connectivity index (χ0) is 16.6. The van der Waals surface area contributed by atoms with Crippen LogP contribution in [0.4, 0.5) is 8.78 Å². The van der Waals surface area contributed by atoms with E-state index in [1.165, 1.54) is 15.6 Å². The molecule has 1 amide bonds. The Kier molecular flexibility index (Phi) is 3.94. The van der Waals surface area contributed by atoms with E-state index in [-0.39, 0.29) is 17.0 Å². The molecule has 120 valence electrons. The van der Waals surface area contributed by atoms with Gasteiger partial charge >= 0.3 is 0 Å². The SMILES string of the molecule is Cc1ccc(=O)n(CC2CN(C(=O)c3ccc(F)cc3F)C2)n1. The van der Waals surface area contributed by atoms with Crippen molar-refractivity contribution in [1.82, 2.24) is 14.7 Å². The van der Waals surface area contributed by atoms with Gasteiger partial charge in [0.15, 0.2) is 0 Å². The van der Waals surface area contributed by atoms with E-state index in [1.807, 2.05) is 0 Å².